The predicted molar refractivity (Wildman–Crippen MR) is 224 cm³/mol. The third-order valence-corrected chi connectivity index (χ3v) is 11.8. The number of fused-ring (bicyclic) bond motifs is 1. The van der Waals surface area contributed by atoms with Gasteiger partial charge in [-0.25, -0.2) is 0 Å². The molecule has 2 atom stereocenters. The Bertz CT molecular complexity index is 2490. The molecule has 10 rings (SSSR count). The van der Waals surface area contributed by atoms with E-state index >= 15 is 0 Å². The van der Waals surface area contributed by atoms with Gasteiger partial charge in [-0.1, -0.05) is 97.9 Å². The van der Waals surface area contributed by atoms with Crippen LogP contribution < -0.4 is 14.4 Å². The van der Waals surface area contributed by atoms with Crippen LogP contribution in [0.3, 0.4) is 0 Å². The molecule has 271 valence electrons. The molecule has 3 aliphatic rings. The van der Waals surface area contributed by atoms with E-state index in [1.54, 1.807) is 13.8 Å². The predicted octanol–water partition coefficient (Wildman–Crippen LogP) is 12.4. The molecule has 5 nitrogen and oxygen atoms in total. The maximum absolute atomic E-state index is 11.3. The average Bonchev–Trinajstić information content (AvgIpc) is 3.26. The average molecular weight is 721 g/mol. The summed E-state index contributed by atoms with van der Waals surface area (Å²) in [4.78, 5) is 2.34. The normalized spacial score (nSPS) is 17.0. The van der Waals surface area contributed by atoms with E-state index in [2.05, 4.69) is 121 Å². The highest BCUT2D eigenvalue weighted by molar-refractivity contribution is 6.32. The number of aliphatic hydroxyl groups is 1. The molecule has 0 aromatic heterocycles. The zero-order valence-electron chi connectivity index (χ0n) is 31.8. The summed E-state index contributed by atoms with van der Waals surface area (Å²) in [6, 6.07) is 54.6. The zero-order chi connectivity index (χ0) is 38.0. The van der Waals surface area contributed by atoms with Gasteiger partial charge in [-0.15, -0.1) is 0 Å². The highest BCUT2D eigenvalue weighted by Gasteiger charge is 2.49. The Morgan fingerprint density at radius 3 is 2.00 bits per heavy atom. The molecular weight excluding hydrogens is 677 g/mol. The number of para-hydroxylation sites is 3. The zero-order valence-corrected chi connectivity index (χ0v) is 31.8. The van der Waals surface area contributed by atoms with Crippen molar-refractivity contribution >= 4 is 35.3 Å². The molecule has 2 unspecified atom stereocenters. The van der Waals surface area contributed by atoms with E-state index in [1.165, 1.54) is 5.39 Å². The van der Waals surface area contributed by atoms with Crippen molar-refractivity contribution in [3.8, 4) is 34.1 Å². The van der Waals surface area contributed by atoms with Gasteiger partial charge >= 0.3 is 7.48 Å². The monoisotopic (exact) mass is 720 g/mol. The lowest BCUT2D eigenvalue weighted by molar-refractivity contribution is -0.0913. The summed E-state index contributed by atoms with van der Waals surface area (Å²) in [7, 11) is 1.92. The van der Waals surface area contributed by atoms with Crippen molar-refractivity contribution < 1.29 is 19.2 Å². The maximum Gasteiger partial charge on any atom is 0.302 e. The van der Waals surface area contributed by atoms with Crippen molar-refractivity contribution in [2.45, 2.75) is 57.1 Å². The van der Waals surface area contributed by atoms with Crippen molar-refractivity contribution in [1.82, 2.24) is 0 Å². The molecule has 0 saturated heterocycles. The van der Waals surface area contributed by atoms with Gasteiger partial charge < -0.3 is 24.1 Å². The quantitative estimate of drug-likeness (QED) is 0.151. The Hall–Kier alpha value is -5.82. The fourth-order valence-electron chi connectivity index (χ4n) is 8.19. The largest absolute Gasteiger partial charge is 0.457 e. The second kappa shape index (κ2) is 13.2. The second-order valence-corrected chi connectivity index (χ2v) is 15.8. The molecular formula is C49H43BNO4. The van der Waals surface area contributed by atoms with Gasteiger partial charge in [0.05, 0.1) is 16.9 Å². The minimum absolute atomic E-state index is 0.439. The van der Waals surface area contributed by atoms with Gasteiger partial charge in [-0.05, 0) is 122 Å². The molecule has 7 aromatic rings. The van der Waals surface area contributed by atoms with Gasteiger partial charge in [0.15, 0.2) is 0 Å². The van der Waals surface area contributed by atoms with Crippen molar-refractivity contribution in [3.05, 3.63) is 174 Å². The van der Waals surface area contributed by atoms with Crippen LogP contribution in [0.25, 0.3) is 21.9 Å². The lowest BCUT2D eigenvalue weighted by atomic mass is 9.51. The second-order valence-electron chi connectivity index (χ2n) is 15.8. The number of rotatable bonds is 9. The van der Waals surface area contributed by atoms with Gasteiger partial charge in [0.2, 0.25) is 0 Å². The summed E-state index contributed by atoms with van der Waals surface area (Å²) >= 11 is 0. The van der Waals surface area contributed by atoms with E-state index in [9.17, 15) is 5.11 Å². The highest BCUT2D eigenvalue weighted by atomic mass is 16.5. The van der Waals surface area contributed by atoms with E-state index < -0.39 is 22.4 Å². The summed E-state index contributed by atoms with van der Waals surface area (Å²) in [6.45, 7) is 9.74. The molecule has 0 fully saturated rings. The molecule has 1 aliphatic carbocycles. The minimum Gasteiger partial charge on any atom is -0.457 e. The number of ether oxygens (including phenoxy) is 2. The summed E-state index contributed by atoms with van der Waals surface area (Å²) in [6.07, 6.45) is 0. The molecule has 2 aliphatic heterocycles. The van der Waals surface area contributed by atoms with E-state index in [1.807, 2.05) is 69.9 Å². The Labute approximate surface area is 324 Å². The standard InChI is InChI=1S/C49H43BNO4/c1-47(2,52)48(3,4)55-50-46-45-42(53-34-21-13-8-14-22-34)25-16-26-43(45)54-35-27-29-39-38(31-35)36-28-30-41(37-23-15-24-40(44(36)37)49(39,46)5)51(32-17-9-6-10-18-32)33-19-11-7-12-20-33/h6-31,46,52H,1-5H3. The van der Waals surface area contributed by atoms with Gasteiger partial charge in [0, 0.05) is 33.6 Å². The minimum atomic E-state index is -1.14. The van der Waals surface area contributed by atoms with Crippen LogP contribution in [0.2, 0.25) is 0 Å². The first-order valence-electron chi connectivity index (χ1n) is 18.9. The molecule has 0 amide bonds. The first-order chi connectivity index (χ1) is 26.5. The molecule has 1 radical (unpaired) electrons. The van der Waals surface area contributed by atoms with Crippen LogP contribution in [0.15, 0.2) is 158 Å². The third kappa shape index (κ3) is 5.79. The maximum atomic E-state index is 11.3. The molecule has 4 bridgehead atoms. The van der Waals surface area contributed by atoms with Gasteiger partial charge in [-0.2, -0.15) is 0 Å². The topological polar surface area (TPSA) is 51.2 Å². The number of anilines is 3. The van der Waals surface area contributed by atoms with E-state index in [4.69, 9.17) is 14.1 Å². The van der Waals surface area contributed by atoms with Crippen molar-refractivity contribution in [1.29, 1.82) is 0 Å². The lowest BCUT2D eigenvalue weighted by Crippen LogP contribution is -2.50. The molecule has 2 heterocycles. The smallest absolute Gasteiger partial charge is 0.302 e. The van der Waals surface area contributed by atoms with Crippen LogP contribution >= 0.6 is 0 Å². The summed E-state index contributed by atoms with van der Waals surface area (Å²) in [5.41, 5.74) is 5.91. The Balaban J connectivity index is 1.33. The number of nitrogens with zero attached hydrogens (tertiary/aromatic N) is 1. The van der Waals surface area contributed by atoms with Gasteiger partial charge in [0.1, 0.15) is 23.0 Å². The Kier molecular flexibility index (Phi) is 8.37. The van der Waals surface area contributed by atoms with E-state index in [0.717, 1.165) is 61.8 Å². The first kappa shape index (κ1) is 34.9. The number of hydrogen-bond acceptors (Lipinski definition) is 5. The Morgan fingerprint density at radius 1 is 0.673 bits per heavy atom. The van der Waals surface area contributed by atoms with Crippen molar-refractivity contribution in [3.63, 3.8) is 0 Å². The number of benzene rings is 7. The summed E-state index contributed by atoms with van der Waals surface area (Å²) in [5, 5.41) is 13.6. The van der Waals surface area contributed by atoms with Gasteiger partial charge in [0.25, 0.3) is 0 Å². The highest BCUT2D eigenvalue weighted by Crippen LogP contribution is 2.60. The van der Waals surface area contributed by atoms with Crippen LogP contribution in [0.4, 0.5) is 17.1 Å². The van der Waals surface area contributed by atoms with Crippen molar-refractivity contribution in [2.24, 2.45) is 0 Å². The van der Waals surface area contributed by atoms with Crippen LogP contribution in [0.1, 0.15) is 57.1 Å². The van der Waals surface area contributed by atoms with Crippen molar-refractivity contribution in [2.75, 3.05) is 4.90 Å². The fourth-order valence-corrected chi connectivity index (χ4v) is 8.19. The molecule has 1 N–H and O–H groups in total. The van der Waals surface area contributed by atoms with Crippen LogP contribution in [-0.2, 0) is 10.1 Å². The fraction of sp³-hybridized carbons (Fsp3) is 0.184. The summed E-state index contributed by atoms with van der Waals surface area (Å²) in [5.74, 6) is 2.38. The summed E-state index contributed by atoms with van der Waals surface area (Å²) < 4.78 is 20.4. The molecule has 7 aromatic carbocycles. The van der Waals surface area contributed by atoms with E-state index in [0.29, 0.717) is 11.5 Å². The molecule has 0 spiro atoms. The molecule has 0 saturated carbocycles. The van der Waals surface area contributed by atoms with E-state index in [-0.39, 0.29) is 0 Å². The SMILES string of the molecule is CC12c3ccc(cc3-c3ccc(N(c4ccccc4)c4ccccc4)c4cccc1c34)Oc1cccc(Oc3ccccc3)c1C2[B]OC(C)(C)C(C)(C)O. The first-order valence-corrected chi connectivity index (χ1v) is 18.9. The third-order valence-electron chi connectivity index (χ3n) is 11.8. The molecule has 6 heteroatoms. The van der Waals surface area contributed by atoms with Crippen LogP contribution in [0, 0.1) is 0 Å². The number of hydrogen-bond donors (Lipinski definition) is 1. The van der Waals surface area contributed by atoms with Crippen LogP contribution in [-0.4, -0.2) is 23.8 Å². The molecule has 55 heavy (non-hydrogen) atoms. The Morgan fingerprint density at radius 2 is 1.33 bits per heavy atom. The lowest BCUT2D eigenvalue weighted by Gasteiger charge is -2.45. The van der Waals surface area contributed by atoms with Crippen LogP contribution in [0.5, 0.6) is 23.0 Å². The van der Waals surface area contributed by atoms with Gasteiger partial charge in [-0.3, -0.25) is 0 Å².